The molecule has 0 aliphatic carbocycles. The second-order valence-electron chi connectivity index (χ2n) is 6.05. The van der Waals surface area contributed by atoms with Gasteiger partial charge >= 0.3 is 6.09 Å². The predicted molar refractivity (Wildman–Crippen MR) is 89.5 cm³/mol. The van der Waals surface area contributed by atoms with E-state index in [1.165, 1.54) is 0 Å². The largest absolute Gasteiger partial charge is 0.444 e. The molecule has 0 fully saturated rings. The standard InChI is InChI=1S/C16H18Cl2N2O2/c1-9(19-15(21)22-16(2,3)4)11-8-10-6-5-7-12(17)13(10)20-14(11)18/h5-9H,1-4H3,(H,19,21)/t9-/m1/s1. The van der Waals surface area contributed by atoms with E-state index in [1.54, 1.807) is 6.07 Å². The number of alkyl carbamates (subject to hydrolysis) is 1. The van der Waals surface area contributed by atoms with Crippen LogP contribution < -0.4 is 5.32 Å². The smallest absolute Gasteiger partial charge is 0.408 e. The minimum atomic E-state index is -0.553. The van der Waals surface area contributed by atoms with E-state index in [4.69, 9.17) is 27.9 Å². The molecule has 1 aromatic carbocycles. The minimum absolute atomic E-state index is 0.309. The van der Waals surface area contributed by atoms with Gasteiger partial charge in [0.15, 0.2) is 0 Å². The molecule has 0 aliphatic rings. The summed E-state index contributed by atoms with van der Waals surface area (Å²) >= 11 is 12.3. The third kappa shape index (κ3) is 4.02. The van der Waals surface area contributed by atoms with Gasteiger partial charge in [0.2, 0.25) is 0 Å². The molecule has 0 bridgehead atoms. The molecule has 0 radical (unpaired) electrons. The number of carbonyl (C=O) groups is 1. The molecule has 0 aliphatic heterocycles. The molecular formula is C16H18Cl2N2O2. The van der Waals surface area contributed by atoms with Gasteiger partial charge in [0.1, 0.15) is 10.8 Å². The van der Waals surface area contributed by atoms with Crippen molar-refractivity contribution in [1.82, 2.24) is 10.3 Å². The van der Waals surface area contributed by atoms with Crippen LogP contribution >= 0.6 is 23.2 Å². The Hall–Kier alpha value is -1.52. The van der Waals surface area contributed by atoms with Crippen molar-refractivity contribution in [2.75, 3.05) is 0 Å². The minimum Gasteiger partial charge on any atom is -0.444 e. The summed E-state index contributed by atoms with van der Waals surface area (Å²) < 4.78 is 5.24. The number of nitrogens with zero attached hydrogens (tertiary/aromatic N) is 1. The van der Waals surface area contributed by atoms with Crippen molar-refractivity contribution >= 4 is 40.2 Å². The van der Waals surface area contributed by atoms with Gasteiger partial charge in [-0.05, 0) is 39.8 Å². The van der Waals surface area contributed by atoms with Crippen LogP contribution in [0.25, 0.3) is 10.9 Å². The number of halogens is 2. The maximum Gasteiger partial charge on any atom is 0.408 e. The Morgan fingerprint density at radius 1 is 1.32 bits per heavy atom. The number of nitrogens with one attached hydrogen (secondary N) is 1. The summed E-state index contributed by atoms with van der Waals surface area (Å²) in [5.74, 6) is 0. The normalized spacial score (nSPS) is 13.0. The number of fused-ring (bicyclic) bond motifs is 1. The first-order valence-corrected chi connectivity index (χ1v) is 7.67. The molecule has 1 N–H and O–H groups in total. The molecule has 2 aromatic rings. The molecule has 0 spiro atoms. The van der Waals surface area contributed by atoms with E-state index in [1.807, 2.05) is 45.9 Å². The van der Waals surface area contributed by atoms with Crippen LogP contribution in [0.3, 0.4) is 0 Å². The van der Waals surface area contributed by atoms with Crippen molar-refractivity contribution in [1.29, 1.82) is 0 Å². The van der Waals surface area contributed by atoms with Crippen molar-refractivity contribution in [3.8, 4) is 0 Å². The van der Waals surface area contributed by atoms with E-state index in [0.717, 1.165) is 5.39 Å². The van der Waals surface area contributed by atoms with Crippen LogP contribution in [0.4, 0.5) is 4.79 Å². The fraction of sp³-hybridized carbons (Fsp3) is 0.375. The predicted octanol–water partition coefficient (Wildman–Crippen LogP) is 5.13. The van der Waals surface area contributed by atoms with Crippen LogP contribution in [0.5, 0.6) is 0 Å². The van der Waals surface area contributed by atoms with Gasteiger partial charge in [0.05, 0.1) is 16.6 Å². The molecule has 118 valence electrons. The van der Waals surface area contributed by atoms with Crippen molar-refractivity contribution < 1.29 is 9.53 Å². The molecule has 0 saturated heterocycles. The summed E-state index contributed by atoms with van der Waals surface area (Å²) in [6.45, 7) is 7.25. The average molecular weight is 341 g/mol. The third-order valence-electron chi connectivity index (χ3n) is 2.98. The van der Waals surface area contributed by atoms with Crippen LogP contribution in [0.15, 0.2) is 24.3 Å². The van der Waals surface area contributed by atoms with E-state index in [-0.39, 0.29) is 6.04 Å². The number of rotatable bonds is 2. The summed E-state index contributed by atoms with van der Waals surface area (Å²) in [5, 5.41) is 4.47. The number of aromatic nitrogens is 1. The van der Waals surface area contributed by atoms with Crippen LogP contribution in [-0.4, -0.2) is 16.7 Å². The summed E-state index contributed by atoms with van der Waals surface area (Å²) in [5.41, 5.74) is 0.799. The molecule has 0 saturated carbocycles. The zero-order valence-electron chi connectivity index (χ0n) is 12.9. The molecule has 1 aromatic heterocycles. The summed E-state index contributed by atoms with van der Waals surface area (Å²) in [4.78, 5) is 16.2. The lowest BCUT2D eigenvalue weighted by Crippen LogP contribution is -2.34. The Morgan fingerprint density at radius 2 is 2.00 bits per heavy atom. The van der Waals surface area contributed by atoms with E-state index < -0.39 is 11.7 Å². The quantitative estimate of drug-likeness (QED) is 0.771. The van der Waals surface area contributed by atoms with Crippen molar-refractivity contribution in [3.63, 3.8) is 0 Å². The lowest BCUT2D eigenvalue weighted by molar-refractivity contribution is 0.0508. The Morgan fingerprint density at radius 3 is 2.64 bits per heavy atom. The van der Waals surface area contributed by atoms with Crippen LogP contribution in [0.1, 0.15) is 39.3 Å². The van der Waals surface area contributed by atoms with Crippen LogP contribution in [-0.2, 0) is 4.74 Å². The Kier molecular flexibility index (Phi) is 4.83. The van der Waals surface area contributed by atoms with E-state index >= 15 is 0 Å². The second kappa shape index (κ2) is 6.31. The highest BCUT2D eigenvalue weighted by Gasteiger charge is 2.20. The topological polar surface area (TPSA) is 51.2 Å². The molecule has 1 amide bonds. The lowest BCUT2D eigenvalue weighted by atomic mass is 10.1. The molecule has 2 rings (SSSR count). The molecular weight excluding hydrogens is 323 g/mol. The number of para-hydroxylation sites is 1. The Bertz CT molecular complexity index is 711. The highest BCUT2D eigenvalue weighted by molar-refractivity contribution is 6.35. The Labute approximate surface area is 139 Å². The first kappa shape index (κ1) is 16.8. The SMILES string of the molecule is C[C@@H](NC(=O)OC(C)(C)C)c1cc2cccc(Cl)c2nc1Cl. The van der Waals surface area contributed by atoms with Crippen molar-refractivity contribution in [2.24, 2.45) is 0 Å². The van der Waals surface area contributed by atoms with Gasteiger partial charge < -0.3 is 10.1 Å². The van der Waals surface area contributed by atoms with Gasteiger partial charge in [-0.1, -0.05) is 35.3 Å². The summed E-state index contributed by atoms with van der Waals surface area (Å²) in [6.07, 6.45) is -0.498. The maximum atomic E-state index is 11.9. The number of hydrogen-bond acceptors (Lipinski definition) is 3. The van der Waals surface area contributed by atoms with Gasteiger partial charge in [-0.2, -0.15) is 0 Å². The molecule has 1 atom stereocenters. The zero-order chi connectivity index (χ0) is 16.5. The number of amides is 1. The third-order valence-corrected chi connectivity index (χ3v) is 3.58. The fourth-order valence-electron chi connectivity index (χ4n) is 2.02. The van der Waals surface area contributed by atoms with Gasteiger partial charge in [-0.25, -0.2) is 9.78 Å². The lowest BCUT2D eigenvalue weighted by Gasteiger charge is -2.22. The number of benzene rings is 1. The van der Waals surface area contributed by atoms with Gasteiger partial charge in [0.25, 0.3) is 0 Å². The van der Waals surface area contributed by atoms with Crippen molar-refractivity contribution in [3.05, 3.63) is 40.0 Å². The fourth-order valence-corrected chi connectivity index (χ4v) is 2.55. The zero-order valence-corrected chi connectivity index (χ0v) is 14.4. The van der Waals surface area contributed by atoms with Gasteiger partial charge in [-0.15, -0.1) is 0 Å². The average Bonchev–Trinajstić information content (AvgIpc) is 2.36. The Balaban J connectivity index is 2.26. The van der Waals surface area contributed by atoms with Gasteiger partial charge in [-0.3, -0.25) is 0 Å². The molecule has 1 heterocycles. The van der Waals surface area contributed by atoms with Crippen molar-refractivity contribution in [2.45, 2.75) is 39.3 Å². The van der Waals surface area contributed by atoms with Crippen LogP contribution in [0, 0.1) is 0 Å². The van der Waals surface area contributed by atoms with E-state index in [9.17, 15) is 4.79 Å². The number of ether oxygens (including phenoxy) is 1. The molecule has 6 heteroatoms. The monoisotopic (exact) mass is 340 g/mol. The second-order valence-corrected chi connectivity index (χ2v) is 6.81. The highest BCUT2D eigenvalue weighted by atomic mass is 35.5. The number of hydrogen-bond donors (Lipinski definition) is 1. The number of pyridine rings is 1. The van der Waals surface area contributed by atoms with Crippen LogP contribution in [0.2, 0.25) is 10.2 Å². The first-order valence-electron chi connectivity index (χ1n) is 6.91. The molecule has 0 unspecified atom stereocenters. The maximum absolute atomic E-state index is 11.9. The molecule has 4 nitrogen and oxygen atoms in total. The van der Waals surface area contributed by atoms with E-state index in [2.05, 4.69) is 10.3 Å². The van der Waals surface area contributed by atoms with Gasteiger partial charge in [0, 0.05) is 10.9 Å². The molecule has 22 heavy (non-hydrogen) atoms. The number of carbonyl (C=O) groups excluding carboxylic acids is 1. The first-order chi connectivity index (χ1) is 10.2. The van der Waals surface area contributed by atoms with E-state index in [0.29, 0.717) is 21.3 Å². The summed E-state index contributed by atoms with van der Waals surface area (Å²) in [6, 6.07) is 7.04. The summed E-state index contributed by atoms with van der Waals surface area (Å²) in [7, 11) is 0. The highest BCUT2D eigenvalue weighted by Crippen LogP contribution is 2.29.